The van der Waals surface area contributed by atoms with Crippen molar-refractivity contribution in [3.8, 4) is 0 Å². The first kappa shape index (κ1) is 27.1. The molecule has 2 saturated carbocycles. The van der Waals surface area contributed by atoms with E-state index in [4.69, 9.17) is 4.74 Å². The van der Waals surface area contributed by atoms with Gasteiger partial charge in [0, 0.05) is 31.6 Å². The Hall–Kier alpha value is -0.450. The second-order valence-corrected chi connectivity index (χ2v) is 16.9. The standard InChI is InChI=1S/C26H48FN2O3P/c1-23(2,3)14-16-28-20-12-10-11-13-21(20)29(17-15-24(4,5)6)33(28,31)26(27)18-19(26)22(30)32-25(7,8)9/h19-21H,10-18H2,1-9H3/t19-,20-,21-,26-/m1/s1. The van der Waals surface area contributed by atoms with E-state index in [9.17, 15) is 4.79 Å². The minimum atomic E-state index is -3.62. The highest BCUT2D eigenvalue weighted by Gasteiger charge is 2.78. The Bertz CT molecular complexity index is 744. The van der Waals surface area contributed by atoms with Gasteiger partial charge in [-0.15, -0.1) is 0 Å². The second kappa shape index (κ2) is 8.89. The molecule has 0 amide bonds. The highest BCUT2D eigenvalue weighted by molar-refractivity contribution is 7.61. The summed E-state index contributed by atoms with van der Waals surface area (Å²) in [5.74, 6) is -1.47. The van der Waals surface area contributed by atoms with Crippen LogP contribution in [0.1, 0.15) is 107 Å². The predicted molar refractivity (Wildman–Crippen MR) is 133 cm³/mol. The molecule has 0 spiro atoms. The Morgan fingerprint density at radius 3 is 1.70 bits per heavy atom. The van der Waals surface area contributed by atoms with Crippen LogP contribution in [0.4, 0.5) is 4.39 Å². The third-order valence-electron chi connectivity index (χ3n) is 7.38. The summed E-state index contributed by atoms with van der Waals surface area (Å²) >= 11 is 0. The summed E-state index contributed by atoms with van der Waals surface area (Å²) in [5.41, 5.74) is -0.562. The van der Waals surface area contributed by atoms with Crippen molar-refractivity contribution in [2.45, 2.75) is 130 Å². The molecule has 4 atom stereocenters. The Morgan fingerprint density at radius 1 is 0.909 bits per heavy atom. The maximum atomic E-state index is 16.8. The predicted octanol–water partition coefficient (Wildman–Crippen LogP) is 7.01. The first-order valence-electron chi connectivity index (χ1n) is 13.0. The molecule has 0 aromatic carbocycles. The number of carbonyl (C=O) groups excluding carboxylic acids is 1. The zero-order valence-corrected chi connectivity index (χ0v) is 23.4. The Balaban J connectivity index is 1.98. The van der Waals surface area contributed by atoms with Gasteiger partial charge in [0.05, 0.1) is 0 Å². The van der Waals surface area contributed by atoms with Crippen molar-refractivity contribution >= 4 is 13.4 Å². The molecule has 1 aliphatic heterocycles. The maximum Gasteiger partial charge on any atom is 0.313 e. The lowest BCUT2D eigenvalue weighted by molar-refractivity contribution is -0.157. The van der Waals surface area contributed by atoms with Crippen LogP contribution in [0.5, 0.6) is 0 Å². The van der Waals surface area contributed by atoms with Crippen molar-refractivity contribution in [3.63, 3.8) is 0 Å². The molecular weight excluding hydrogens is 438 g/mol. The average Bonchev–Trinajstić information content (AvgIpc) is 3.27. The Labute approximate surface area is 201 Å². The number of nitrogens with zero attached hydrogens (tertiary/aromatic N) is 2. The van der Waals surface area contributed by atoms with E-state index in [1.807, 2.05) is 0 Å². The van der Waals surface area contributed by atoms with Crippen LogP contribution in [0.3, 0.4) is 0 Å². The largest absolute Gasteiger partial charge is 0.460 e. The number of halogens is 1. The summed E-state index contributed by atoms with van der Waals surface area (Å²) in [6.45, 7) is 19.7. The third-order valence-corrected chi connectivity index (χ3v) is 11.2. The monoisotopic (exact) mass is 486 g/mol. The minimum absolute atomic E-state index is 0.0106. The van der Waals surface area contributed by atoms with Gasteiger partial charge in [-0.25, -0.2) is 13.7 Å². The van der Waals surface area contributed by atoms with Crippen LogP contribution in [0.15, 0.2) is 0 Å². The van der Waals surface area contributed by atoms with E-state index < -0.39 is 30.3 Å². The van der Waals surface area contributed by atoms with Crippen LogP contribution in [-0.2, 0) is 14.1 Å². The van der Waals surface area contributed by atoms with Crippen molar-refractivity contribution in [2.75, 3.05) is 13.1 Å². The minimum Gasteiger partial charge on any atom is -0.460 e. The van der Waals surface area contributed by atoms with E-state index in [0.717, 1.165) is 38.5 Å². The number of hydrogen-bond acceptors (Lipinski definition) is 3. The number of esters is 1. The first-order valence-corrected chi connectivity index (χ1v) is 14.6. The van der Waals surface area contributed by atoms with Crippen molar-refractivity contribution in [2.24, 2.45) is 16.7 Å². The van der Waals surface area contributed by atoms with Crippen LogP contribution >= 0.6 is 7.44 Å². The molecule has 192 valence electrons. The molecule has 2 aliphatic carbocycles. The fraction of sp³-hybridized carbons (Fsp3) is 0.962. The molecular formula is C26H48FN2O3P. The Kier molecular flexibility index (Phi) is 7.31. The number of hydrogen-bond donors (Lipinski definition) is 0. The molecule has 0 aromatic heterocycles. The van der Waals surface area contributed by atoms with Crippen LogP contribution in [0.25, 0.3) is 0 Å². The summed E-state index contributed by atoms with van der Waals surface area (Å²) in [5, 5.41) is -2.01. The lowest BCUT2D eigenvalue weighted by Gasteiger charge is -2.37. The molecule has 5 nitrogen and oxygen atoms in total. The van der Waals surface area contributed by atoms with Crippen LogP contribution in [0, 0.1) is 16.7 Å². The summed E-state index contributed by atoms with van der Waals surface area (Å²) < 4.78 is 41.6. The number of rotatable bonds is 6. The molecule has 7 heteroatoms. The second-order valence-electron chi connectivity index (χ2n) is 14.0. The molecule has 0 N–H and O–H groups in total. The van der Waals surface area contributed by atoms with Gasteiger partial charge in [-0.05, 0) is 57.3 Å². The number of ether oxygens (including phenoxy) is 1. The molecule has 3 aliphatic rings. The van der Waals surface area contributed by atoms with Gasteiger partial charge in [0.2, 0.25) is 5.41 Å². The number of fused-ring (bicyclic) bond motifs is 1. The van der Waals surface area contributed by atoms with Gasteiger partial charge in [-0.1, -0.05) is 54.4 Å². The van der Waals surface area contributed by atoms with Gasteiger partial charge >= 0.3 is 5.97 Å². The Morgan fingerprint density at radius 2 is 1.33 bits per heavy atom. The van der Waals surface area contributed by atoms with Gasteiger partial charge in [0.15, 0.2) is 0 Å². The van der Waals surface area contributed by atoms with E-state index in [2.05, 4.69) is 50.9 Å². The normalized spacial score (nSPS) is 33.1. The van der Waals surface area contributed by atoms with E-state index >= 15 is 8.96 Å². The molecule has 3 fully saturated rings. The van der Waals surface area contributed by atoms with Gasteiger partial charge in [-0.3, -0.25) is 9.36 Å². The van der Waals surface area contributed by atoms with E-state index in [1.165, 1.54) is 0 Å². The van der Waals surface area contributed by atoms with Crippen molar-refractivity contribution in [1.29, 1.82) is 0 Å². The fourth-order valence-electron chi connectivity index (χ4n) is 5.45. The SMILES string of the molecule is CC(C)(C)CCN1[C@@H]2CCCC[C@H]2N(CCC(C)(C)C)P1(=O)[C@]1(F)C[C@@H]1C(=O)OC(C)(C)C. The molecule has 0 unspecified atom stereocenters. The van der Waals surface area contributed by atoms with Gasteiger partial charge in [0.1, 0.15) is 11.5 Å². The summed E-state index contributed by atoms with van der Waals surface area (Å²) in [6, 6.07) is 0.221. The molecule has 33 heavy (non-hydrogen) atoms. The van der Waals surface area contributed by atoms with E-state index in [1.54, 1.807) is 20.8 Å². The van der Waals surface area contributed by atoms with Crippen LogP contribution < -0.4 is 0 Å². The molecule has 0 aromatic rings. The summed E-state index contributed by atoms with van der Waals surface area (Å²) in [6.07, 6.45) is 5.80. The lowest BCUT2D eigenvalue weighted by atomic mass is 9.88. The van der Waals surface area contributed by atoms with Crippen LogP contribution in [-0.4, -0.2) is 51.5 Å². The van der Waals surface area contributed by atoms with Crippen molar-refractivity contribution in [3.05, 3.63) is 0 Å². The highest BCUT2D eigenvalue weighted by Crippen LogP contribution is 2.81. The molecule has 0 radical (unpaired) electrons. The highest BCUT2D eigenvalue weighted by atomic mass is 31.2. The van der Waals surface area contributed by atoms with E-state index in [0.29, 0.717) is 13.1 Å². The van der Waals surface area contributed by atoms with Gasteiger partial charge in [0.25, 0.3) is 7.44 Å². The molecule has 0 bridgehead atoms. The third kappa shape index (κ3) is 5.70. The zero-order chi connectivity index (χ0) is 25.0. The quantitative estimate of drug-likeness (QED) is 0.299. The average molecular weight is 487 g/mol. The molecule has 3 rings (SSSR count). The number of carbonyl (C=O) groups is 1. The molecule has 1 heterocycles. The van der Waals surface area contributed by atoms with Gasteiger partial charge < -0.3 is 4.74 Å². The summed E-state index contributed by atoms with van der Waals surface area (Å²) in [7, 11) is -3.62. The van der Waals surface area contributed by atoms with Crippen LogP contribution in [0.2, 0.25) is 0 Å². The zero-order valence-electron chi connectivity index (χ0n) is 22.5. The first-order chi connectivity index (χ1) is 14.9. The summed E-state index contributed by atoms with van der Waals surface area (Å²) in [4.78, 5) is 12.9. The van der Waals surface area contributed by atoms with Crippen molar-refractivity contribution in [1.82, 2.24) is 9.34 Å². The lowest BCUT2D eigenvalue weighted by Crippen LogP contribution is -2.41. The smallest absolute Gasteiger partial charge is 0.313 e. The molecule has 1 saturated heterocycles. The number of alkyl halides is 1. The van der Waals surface area contributed by atoms with Crippen molar-refractivity contribution < 1.29 is 18.5 Å². The topological polar surface area (TPSA) is 49.9 Å². The van der Waals surface area contributed by atoms with Gasteiger partial charge in [-0.2, -0.15) is 0 Å². The fourth-order valence-corrected chi connectivity index (χ4v) is 9.62. The maximum absolute atomic E-state index is 16.8. The van der Waals surface area contributed by atoms with E-state index in [-0.39, 0.29) is 29.3 Å².